The molecule has 102 valence electrons. The van der Waals surface area contributed by atoms with Gasteiger partial charge in [-0.2, -0.15) is 0 Å². The molecule has 7 heteroatoms. The van der Waals surface area contributed by atoms with Crippen LogP contribution in [0.4, 0.5) is 11.4 Å². The Kier molecular flexibility index (Phi) is 4.18. The number of nitrogens with one attached hydrogen (secondary N) is 1. The number of hydrogen-bond acceptors (Lipinski definition) is 6. The first-order valence-corrected chi connectivity index (χ1v) is 6.64. The molecule has 0 aliphatic rings. The summed E-state index contributed by atoms with van der Waals surface area (Å²) in [6.07, 6.45) is 0. The van der Waals surface area contributed by atoms with Crippen LogP contribution in [0.1, 0.15) is 5.01 Å². The summed E-state index contributed by atoms with van der Waals surface area (Å²) in [7, 11) is 0. The Morgan fingerprint density at radius 2 is 2.32 bits per heavy atom. The van der Waals surface area contributed by atoms with Gasteiger partial charge in [-0.15, -0.1) is 11.3 Å². The molecule has 1 heterocycles. The fourth-order valence-electron chi connectivity index (χ4n) is 1.69. The third-order valence-electron chi connectivity index (χ3n) is 2.47. The minimum Gasteiger partial charge on any atom is -0.397 e. The topological polar surface area (TPSA) is 103 Å². The third-order valence-corrected chi connectivity index (χ3v) is 3.41. The van der Waals surface area contributed by atoms with Gasteiger partial charge in [-0.3, -0.25) is 4.79 Å². The van der Waals surface area contributed by atoms with Gasteiger partial charge < -0.3 is 21.5 Å². The maximum Gasteiger partial charge on any atom is 0.243 e. The molecule has 1 amide bonds. The molecule has 0 saturated carbocycles. The molecule has 1 aromatic carbocycles. The number of rotatable bonds is 6. The van der Waals surface area contributed by atoms with Crippen LogP contribution in [0, 0.1) is 6.92 Å². The van der Waals surface area contributed by atoms with E-state index in [1.807, 2.05) is 19.1 Å². The molecule has 19 heavy (non-hydrogen) atoms. The van der Waals surface area contributed by atoms with Crippen LogP contribution in [-0.2, 0) is 9.53 Å². The quantitative estimate of drug-likeness (QED) is 0.543. The van der Waals surface area contributed by atoms with Gasteiger partial charge in [0.05, 0.1) is 33.2 Å². The Morgan fingerprint density at radius 3 is 3.05 bits per heavy atom. The number of carbonyl (C=O) groups is 1. The van der Waals surface area contributed by atoms with Gasteiger partial charge in [-0.25, -0.2) is 4.98 Å². The largest absolute Gasteiger partial charge is 0.397 e. The number of carbonyl (C=O) groups excluding carboxylic acids is 1. The molecular weight excluding hydrogens is 264 g/mol. The van der Waals surface area contributed by atoms with E-state index in [9.17, 15) is 4.79 Å². The van der Waals surface area contributed by atoms with Crippen molar-refractivity contribution < 1.29 is 9.53 Å². The molecular formula is C12H16N4O2S. The molecule has 0 aliphatic heterocycles. The predicted molar refractivity (Wildman–Crippen MR) is 77.3 cm³/mol. The third kappa shape index (κ3) is 3.55. The highest BCUT2D eigenvalue weighted by atomic mass is 32.1. The van der Waals surface area contributed by atoms with Crippen molar-refractivity contribution in [2.45, 2.75) is 6.92 Å². The first kappa shape index (κ1) is 13.6. The van der Waals surface area contributed by atoms with Crippen molar-refractivity contribution in [1.82, 2.24) is 4.98 Å². The summed E-state index contributed by atoms with van der Waals surface area (Å²) in [5, 5.41) is 4.16. The molecule has 0 spiro atoms. The zero-order chi connectivity index (χ0) is 13.8. The number of nitrogens with zero attached hydrogens (tertiary/aromatic N) is 1. The van der Waals surface area contributed by atoms with Crippen LogP contribution in [0.2, 0.25) is 0 Å². The van der Waals surface area contributed by atoms with Crippen LogP contribution in [0.25, 0.3) is 10.2 Å². The lowest BCUT2D eigenvalue weighted by atomic mass is 10.2. The summed E-state index contributed by atoms with van der Waals surface area (Å²) in [6, 6.07) is 3.83. The Morgan fingerprint density at radius 1 is 1.53 bits per heavy atom. The predicted octanol–water partition coefficient (Wildman–Crippen LogP) is 1.10. The number of aromatic nitrogens is 1. The zero-order valence-electron chi connectivity index (χ0n) is 10.6. The summed E-state index contributed by atoms with van der Waals surface area (Å²) in [5.74, 6) is -0.473. The number of ether oxygens (including phenoxy) is 1. The smallest absolute Gasteiger partial charge is 0.243 e. The Hall–Kier alpha value is -1.86. The van der Waals surface area contributed by atoms with Crippen molar-refractivity contribution in [3.05, 3.63) is 17.1 Å². The molecule has 0 atom stereocenters. The number of aryl methyl sites for hydroxylation is 1. The van der Waals surface area contributed by atoms with E-state index in [0.29, 0.717) is 18.8 Å². The highest BCUT2D eigenvalue weighted by Crippen LogP contribution is 2.29. The van der Waals surface area contributed by atoms with Gasteiger partial charge in [-0.05, 0) is 19.1 Å². The molecule has 0 saturated heterocycles. The van der Waals surface area contributed by atoms with E-state index in [-0.39, 0.29) is 6.61 Å². The number of thiazole rings is 1. The molecule has 0 aliphatic carbocycles. The number of amides is 1. The molecule has 0 bridgehead atoms. The summed E-state index contributed by atoms with van der Waals surface area (Å²) in [6.45, 7) is 2.83. The number of anilines is 2. The number of hydrogen-bond donors (Lipinski definition) is 3. The zero-order valence-corrected chi connectivity index (χ0v) is 11.4. The summed E-state index contributed by atoms with van der Waals surface area (Å²) in [5.41, 5.74) is 13.3. The van der Waals surface area contributed by atoms with Gasteiger partial charge in [0.15, 0.2) is 0 Å². The first-order chi connectivity index (χ1) is 9.06. The van der Waals surface area contributed by atoms with Gasteiger partial charge in [0.2, 0.25) is 5.91 Å². The Labute approximate surface area is 114 Å². The van der Waals surface area contributed by atoms with E-state index in [4.69, 9.17) is 16.2 Å². The van der Waals surface area contributed by atoms with Crippen LogP contribution in [-0.4, -0.2) is 30.6 Å². The van der Waals surface area contributed by atoms with Gasteiger partial charge in [0, 0.05) is 6.54 Å². The average molecular weight is 280 g/mol. The van der Waals surface area contributed by atoms with Gasteiger partial charge in [-0.1, -0.05) is 0 Å². The lowest BCUT2D eigenvalue weighted by Gasteiger charge is -2.09. The molecule has 6 nitrogen and oxygen atoms in total. The minimum absolute atomic E-state index is 0.0680. The molecule has 1 aromatic heterocycles. The van der Waals surface area contributed by atoms with Crippen molar-refractivity contribution in [2.75, 3.05) is 30.8 Å². The number of nitrogens with two attached hydrogens (primary N) is 2. The van der Waals surface area contributed by atoms with Crippen LogP contribution in [0.5, 0.6) is 0 Å². The van der Waals surface area contributed by atoms with E-state index in [2.05, 4.69) is 10.3 Å². The van der Waals surface area contributed by atoms with Crippen LogP contribution in [0.15, 0.2) is 12.1 Å². The van der Waals surface area contributed by atoms with E-state index in [0.717, 1.165) is 20.9 Å². The molecule has 0 fully saturated rings. The number of benzene rings is 1. The minimum atomic E-state index is -0.473. The molecule has 2 aromatic rings. The van der Waals surface area contributed by atoms with E-state index in [1.54, 1.807) is 11.3 Å². The fraction of sp³-hybridized carbons (Fsp3) is 0.333. The summed E-state index contributed by atoms with van der Waals surface area (Å²) >= 11 is 1.62. The van der Waals surface area contributed by atoms with E-state index in [1.165, 1.54) is 0 Å². The molecule has 0 radical (unpaired) electrons. The second kappa shape index (κ2) is 5.85. The Bertz CT molecular complexity index is 597. The van der Waals surface area contributed by atoms with Crippen molar-refractivity contribution in [3.8, 4) is 0 Å². The summed E-state index contributed by atoms with van der Waals surface area (Å²) in [4.78, 5) is 14.9. The van der Waals surface area contributed by atoms with E-state index >= 15 is 0 Å². The maximum atomic E-state index is 10.5. The van der Waals surface area contributed by atoms with Crippen molar-refractivity contribution in [2.24, 2.45) is 5.73 Å². The SMILES string of the molecule is Cc1nc2cc(NCCOCC(N)=O)c(N)cc2s1. The fourth-order valence-corrected chi connectivity index (χ4v) is 2.55. The van der Waals surface area contributed by atoms with Crippen LogP contribution < -0.4 is 16.8 Å². The lowest BCUT2D eigenvalue weighted by Crippen LogP contribution is -2.20. The van der Waals surface area contributed by atoms with Crippen molar-refractivity contribution in [1.29, 1.82) is 0 Å². The number of primary amides is 1. The maximum absolute atomic E-state index is 10.5. The highest BCUT2D eigenvalue weighted by molar-refractivity contribution is 7.18. The second-order valence-corrected chi connectivity index (χ2v) is 5.32. The molecule has 5 N–H and O–H groups in total. The Balaban J connectivity index is 1.96. The van der Waals surface area contributed by atoms with Gasteiger partial charge in [0.1, 0.15) is 6.61 Å². The summed E-state index contributed by atoms with van der Waals surface area (Å²) < 4.78 is 6.13. The second-order valence-electron chi connectivity index (χ2n) is 4.09. The van der Waals surface area contributed by atoms with Gasteiger partial charge >= 0.3 is 0 Å². The van der Waals surface area contributed by atoms with Crippen LogP contribution >= 0.6 is 11.3 Å². The van der Waals surface area contributed by atoms with Crippen molar-refractivity contribution >= 4 is 38.8 Å². The monoisotopic (exact) mass is 280 g/mol. The van der Waals surface area contributed by atoms with E-state index < -0.39 is 5.91 Å². The standard InChI is InChI=1S/C12H16N4O2S/c1-7-16-10-5-9(8(13)4-11(10)19-7)15-2-3-18-6-12(14)17/h4-5,15H,2-3,6,13H2,1H3,(H2,14,17). The van der Waals surface area contributed by atoms with Crippen LogP contribution in [0.3, 0.4) is 0 Å². The first-order valence-electron chi connectivity index (χ1n) is 5.83. The highest BCUT2D eigenvalue weighted by Gasteiger charge is 2.05. The molecule has 0 unspecified atom stereocenters. The van der Waals surface area contributed by atoms with Crippen molar-refractivity contribution in [3.63, 3.8) is 0 Å². The van der Waals surface area contributed by atoms with Gasteiger partial charge in [0.25, 0.3) is 0 Å². The average Bonchev–Trinajstić information content (AvgIpc) is 2.67. The lowest BCUT2D eigenvalue weighted by molar-refractivity contribution is -0.122. The number of nitrogen functional groups attached to an aromatic ring is 1. The molecule has 2 rings (SSSR count). The number of fused-ring (bicyclic) bond motifs is 1. The normalized spacial score (nSPS) is 10.8.